The SMILES string of the molecule is Cc1cn(C)cn1.c1ccccc1. The second-order valence-electron chi connectivity index (χ2n) is 2.84. The first-order valence-electron chi connectivity index (χ1n) is 4.23. The van der Waals surface area contributed by atoms with Gasteiger partial charge in [-0.2, -0.15) is 0 Å². The van der Waals surface area contributed by atoms with Gasteiger partial charge >= 0.3 is 0 Å². The molecule has 1 aromatic heterocycles. The van der Waals surface area contributed by atoms with E-state index in [2.05, 4.69) is 4.98 Å². The molecule has 0 aliphatic carbocycles. The summed E-state index contributed by atoms with van der Waals surface area (Å²) in [5, 5.41) is 0. The van der Waals surface area contributed by atoms with Crippen molar-refractivity contribution in [2.75, 3.05) is 0 Å². The Bertz CT molecular complexity index is 282. The molecule has 0 amide bonds. The van der Waals surface area contributed by atoms with Gasteiger partial charge in [-0.05, 0) is 6.92 Å². The number of rotatable bonds is 0. The molecule has 1 aromatic carbocycles. The van der Waals surface area contributed by atoms with E-state index in [0.29, 0.717) is 0 Å². The van der Waals surface area contributed by atoms with Crippen LogP contribution in [0.2, 0.25) is 0 Å². The number of nitrogens with zero attached hydrogens (tertiary/aromatic N) is 2. The summed E-state index contributed by atoms with van der Waals surface area (Å²) in [6.45, 7) is 1.97. The summed E-state index contributed by atoms with van der Waals surface area (Å²) >= 11 is 0. The molecule has 0 radical (unpaired) electrons. The van der Waals surface area contributed by atoms with Crippen LogP contribution in [0.25, 0.3) is 0 Å². The number of aromatic nitrogens is 2. The third kappa shape index (κ3) is 4.11. The van der Waals surface area contributed by atoms with Crippen LogP contribution >= 0.6 is 0 Å². The van der Waals surface area contributed by atoms with E-state index in [9.17, 15) is 0 Å². The van der Waals surface area contributed by atoms with Gasteiger partial charge in [0.2, 0.25) is 0 Å². The van der Waals surface area contributed by atoms with Crippen molar-refractivity contribution in [1.29, 1.82) is 0 Å². The van der Waals surface area contributed by atoms with E-state index >= 15 is 0 Å². The molecule has 2 aromatic rings. The number of hydrogen-bond acceptors (Lipinski definition) is 1. The van der Waals surface area contributed by atoms with E-state index in [0.717, 1.165) is 5.69 Å². The third-order valence-electron chi connectivity index (χ3n) is 1.50. The van der Waals surface area contributed by atoms with Crippen LogP contribution in [0.4, 0.5) is 0 Å². The molecule has 2 rings (SSSR count). The molecule has 0 aliphatic heterocycles. The van der Waals surface area contributed by atoms with Gasteiger partial charge in [-0.25, -0.2) is 4.98 Å². The Labute approximate surface area is 78.9 Å². The molecule has 68 valence electrons. The van der Waals surface area contributed by atoms with Gasteiger partial charge in [0.25, 0.3) is 0 Å². The van der Waals surface area contributed by atoms with Gasteiger partial charge in [-0.3, -0.25) is 0 Å². The second-order valence-corrected chi connectivity index (χ2v) is 2.84. The third-order valence-corrected chi connectivity index (χ3v) is 1.50. The fourth-order valence-corrected chi connectivity index (χ4v) is 0.928. The normalized spacial score (nSPS) is 8.77. The predicted octanol–water partition coefficient (Wildman–Crippen LogP) is 2.42. The zero-order valence-corrected chi connectivity index (χ0v) is 8.01. The van der Waals surface area contributed by atoms with Crippen LogP contribution in [-0.2, 0) is 7.05 Å². The summed E-state index contributed by atoms with van der Waals surface area (Å²) in [4.78, 5) is 3.98. The molecule has 0 saturated heterocycles. The summed E-state index contributed by atoms with van der Waals surface area (Å²) in [6, 6.07) is 12.0. The monoisotopic (exact) mass is 174 g/mol. The second kappa shape index (κ2) is 5.14. The van der Waals surface area contributed by atoms with Crippen molar-refractivity contribution >= 4 is 0 Å². The van der Waals surface area contributed by atoms with Crippen molar-refractivity contribution in [2.24, 2.45) is 7.05 Å². The zero-order valence-electron chi connectivity index (χ0n) is 8.01. The van der Waals surface area contributed by atoms with Crippen molar-refractivity contribution in [3.05, 3.63) is 54.6 Å². The number of imidazole rings is 1. The molecule has 2 heteroatoms. The van der Waals surface area contributed by atoms with Crippen molar-refractivity contribution in [3.63, 3.8) is 0 Å². The highest BCUT2D eigenvalue weighted by Gasteiger charge is 1.81. The predicted molar refractivity (Wildman–Crippen MR) is 54.4 cm³/mol. The summed E-state index contributed by atoms with van der Waals surface area (Å²) in [7, 11) is 1.96. The van der Waals surface area contributed by atoms with Crippen LogP contribution in [0.1, 0.15) is 5.69 Å². The average molecular weight is 174 g/mol. The minimum Gasteiger partial charge on any atom is -0.340 e. The molecule has 0 aliphatic rings. The van der Waals surface area contributed by atoms with Gasteiger partial charge in [0.15, 0.2) is 0 Å². The fourth-order valence-electron chi connectivity index (χ4n) is 0.928. The minimum atomic E-state index is 1.07. The first-order chi connectivity index (χ1) is 6.29. The highest BCUT2D eigenvalue weighted by molar-refractivity contribution is 4.99. The van der Waals surface area contributed by atoms with Gasteiger partial charge in [0, 0.05) is 13.2 Å². The van der Waals surface area contributed by atoms with Crippen LogP contribution in [-0.4, -0.2) is 9.55 Å². The lowest BCUT2D eigenvalue weighted by molar-refractivity contribution is 0.913. The molecule has 0 bridgehead atoms. The number of hydrogen-bond donors (Lipinski definition) is 0. The maximum Gasteiger partial charge on any atom is 0.0946 e. The molecule has 0 fully saturated rings. The highest BCUT2D eigenvalue weighted by Crippen LogP contribution is 1.86. The quantitative estimate of drug-likeness (QED) is 0.599. The van der Waals surface area contributed by atoms with Crippen molar-refractivity contribution in [1.82, 2.24) is 9.55 Å². The molecule has 13 heavy (non-hydrogen) atoms. The fraction of sp³-hybridized carbons (Fsp3) is 0.182. The van der Waals surface area contributed by atoms with Gasteiger partial charge < -0.3 is 4.57 Å². The largest absolute Gasteiger partial charge is 0.340 e. The van der Waals surface area contributed by atoms with Gasteiger partial charge in [-0.15, -0.1) is 0 Å². The Balaban J connectivity index is 0.000000132. The Morgan fingerprint density at radius 3 is 1.62 bits per heavy atom. The van der Waals surface area contributed by atoms with E-state index in [1.165, 1.54) is 0 Å². The van der Waals surface area contributed by atoms with Crippen LogP contribution < -0.4 is 0 Å². The van der Waals surface area contributed by atoms with Crippen molar-refractivity contribution in [3.8, 4) is 0 Å². The Morgan fingerprint density at radius 1 is 1.00 bits per heavy atom. The molecule has 0 N–H and O–H groups in total. The van der Waals surface area contributed by atoms with Gasteiger partial charge in [-0.1, -0.05) is 36.4 Å². The molecule has 0 atom stereocenters. The molecule has 1 heterocycles. The summed E-state index contributed by atoms with van der Waals surface area (Å²) in [6.07, 6.45) is 3.76. The minimum absolute atomic E-state index is 1.07. The lowest BCUT2D eigenvalue weighted by atomic mass is 10.4. The summed E-state index contributed by atoms with van der Waals surface area (Å²) in [5.74, 6) is 0. The Hall–Kier alpha value is -1.57. The zero-order chi connectivity index (χ0) is 9.52. The maximum atomic E-state index is 3.98. The molecule has 0 unspecified atom stereocenters. The van der Waals surface area contributed by atoms with E-state index in [1.807, 2.05) is 61.1 Å². The smallest absolute Gasteiger partial charge is 0.0946 e. The van der Waals surface area contributed by atoms with E-state index in [-0.39, 0.29) is 0 Å². The molecular weight excluding hydrogens is 160 g/mol. The van der Waals surface area contributed by atoms with Crippen LogP contribution in [0.5, 0.6) is 0 Å². The summed E-state index contributed by atoms with van der Waals surface area (Å²) < 4.78 is 1.93. The lowest BCUT2D eigenvalue weighted by Gasteiger charge is -1.78. The Kier molecular flexibility index (Phi) is 3.76. The summed E-state index contributed by atoms with van der Waals surface area (Å²) in [5.41, 5.74) is 1.07. The van der Waals surface area contributed by atoms with Gasteiger partial charge in [0.05, 0.1) is 12.0 Å². The number of aryl methyl sites for hydroxylation is 2. The van der Waals surface area contributed by atoms with E-state index in [1.54, 1.807) is 6.33 Å². The van der Waals surface area contributed by atoms with Crippen molar-refractivity contribution < 1.29 is 0 Å². The van der Waals surface area contributed by atoms with Gasteiger partial charge in [0.1, 0.15) is 0 Å². The topological polar surface area (TPSA) is 17.8 Å². The molecule has 0 spiro atoms. The van der Waals surface area contributed by atoms with Crippen molar-refractivity contribution in [2.45, 2.75) is 6.92 Å². The molecule has 2 nitrogen and oxygen atoms in total. The standard InChI is InChI=1S/C6H6.C5H8N2/c1-2-4-6-5-3-1;1-5-3-7(2)4-6-5/h1-6H;3-4H,1-2H3. The Morgan fingerprint density at radius 2 is 1.46 bits per heavy atom. The first-order valence-corrected chi connectivity index (χ1v) is 4.23. The van der Waals surface area contributed by atoms with Crippen LogP contribution in [0.15, 0.2) is 48.9 Å². The number of benzene rings is 1. The first kappa shape index (κ1) is 9.52. The van der Waals surface area contributed by atoms with E-state index in [4.69, 9.17) is 0 Å². The maximum absolute atomic E-state index is 3.98. The molecular formula is C11H14N2. The highest BCUT2D eigenvalue weighted by atomic mass is 15.0. The van der Waals surface area contributed by atoms with E-state index < -0.39 is 0 Å². The van der Waals surface area contributed by atoms with Crippen LogP contribution in [0, 0.1) is 6.92 Å². The van der Waals surface area contributed by atoms with Crippen LogP contribution in [0.3, 0.4) is 0 Å². The average Bonchev–Trinajstić information content (AvgIpc) is 2.54. The molecule has 0 saturated carbocycles. The lowest BCUT2D eigenvalue weighted by Crippen LogP contribution is -1.76.